The minimum Gasteiger partial charge on any atom is -0.492 e. The van der Waals surface area contributed by atoms with Gasteiger partial charge in [-0.05, 0) is 31.4 Å². The average molecular weight is 372 g/mol. The second-order valence-corrected chi connectivity index (χ2v) is 7.49. The number of anilines is 1. The SMILES string of the molecule is COc1c(N2CC(N)CC(N)C2)ccc2c(=O)c(C(=O)O)cn(C3CC3)c12. The lowest BCUT2D eigenvalue weighted by molar-refractivity contribution is 0.0695. The second-order valence-electron chi connectivity index (χ2n) is 7.49. The van der Waals surface area contributed by atoms with Crippen molar-refractivity contribution in [2.75, 3.05) is 25.1 Å². The summed E-state index contributed by atoms with van der Waals surface area (Å²) < 4.78 is 7.61. The van der Waals surface area contributed by atoms with Crippen LogP contribution in [0.25, 0.3) is 10.9 Å². The summed E-state index contributed by atoms with van der Waals surface area (Å²) in [5.74, 6) is -0.651. The molecule has 0 amide bonds. The van der Waals surface area contributed by atoms with Crippen molar-refractivity contribution in [3.63, 3.8) is 0 Å². The summed E-state index contributed by atoms with van der Waals surface area (Å²) in [5.41, 5.74) is 13.0. The fourth-order valence-corrected chi connectivity index (χ4v) is 4.03. The first-order valence-corrected chi connectivity index (χ1v) is 9.16. The van der Waals surface area contributed by atoms with Crippen LogP contribution in [0.15, 0.2) is 23.1 Å². The number of aromatic carboxylic acids is 1. The van der Waals surface area contributed by atoms with E-state index in [-0.39, 0.29) is 23.7 Å². The monoisotopic (exact) mass is 372 g/mol. The van der Waals surface area contributed by atoms with Crippen LogP contribution in [0.4, 0.5) is 5.69 Å². The molecular weight excluding hydrogens is 348 g/mol. The highest BCUT2D eigenvalue weighted by molar-refractivity contribution is 5.97. The zero-order valence-electron chi connectivity index (χ0n) is 15.2. The summed E-state index contributed by atoms with van der Waals surface area (Å²) in [5, 5.41) is 9.77. The first-order chi connectivity index (χ1) is 12.9. The summed E-state index contributed by atoms with van der Waals surface area (Å²) in [6, 6.07) is 3.60. The molecule has 1 saturated carbocycles. The van der Waals surface area contributed by atoms with E-state index in [4.69, 9.17) is 16.2 Å². The average Bonchev–Trinajstić information content (AvgIpc) is 3.45. The zero-order valence-corrected chi connectivity index (χ0v) is 15.2. The van der Waals surface area contributed by atoms with Crippen molar-refractivity contribution in [2.24, 2.45) is 11.5 Å². The summed E-state index contributed by atoms with van der Waals surface area (Å²) in [7, 11) is 1.56. The van der Waals surface area contributed by atoms with Gasteiger partial charge in [0, 0.05) is 37.4 Å². The number of aromatic nitrogens is 1. The number of hydrogen-bond acceptors (Lipinski definition) is 6. The molecule has 8 heteroatoms. The van der Waals surface area contributed by atoms with Crippen LogP contribution in [0.1, 0.15) is 35.7 Å². The predicted molar refractivity (Wildman–Crippen MR) is 103 cm³/mol. The van der Waals surface area contributed by atoms with Gasteiger partial charge in [-0.15, -0.1) is 0 Å². The molecule has 0 radical (unpaired) electrons. The van der Waals surface area contributed by atoms with Crippen molar-refractivity contribution >= 4 is 22.6 Å². The summed E-state index contributed by atoms with van der Waals surface area (Å²) in [4.78, 5) is 26.3. The van der Waals surface area contributed by atoms with E-state index in [1.165, 1.54) is 6.20 Å². The highest BCUT2D eigenvalue weighted by Crippen LogP contribution is 2.42. The number of nitrogens with two attached hydrogens (primary N) is 2. The van der Waals surface area contributed by atoms with Gasteiger partial charge >= 0.3 is 5.97 Å². The summed E-state index contributed by atoms with van der Waals surface area (Å²) in [6.07, 6.45) is 4.11. The fraction of sp³-hybridized carbons (Fsp3) is 0.474. The van der Waals surface area contributed by atoms with E-state index in [9.17, 15) is 14.7 Å². The molecule has 1 aromatic heterocycles. The number of ether oxygens (including phenoxy) is 1. The number of nitrogens with zero attached hydrogens (tertiary/aromatic N) is 2. The number of piperidine rings is 1. The molecule has 2 aliphatic rings. The van der Waals surface area contributed by atoms with Crippen LogP contribution in [0, 0.1) is 0 Å². The fourth-order valence-electron chi connectivity index (χ4n) is 4.03. The van der Waals surface area contributed by atoms with E-state index in [1.54, 1.807) is 19.2 Å². The Labute approximate surface area is 156 Å². The molecule has 0 bridgehead atoms. The third kappa shape index (κ3) is 3.04. The minimum atomic E-state index is -1.22. The number of pyridine rings is 1. The molecule has 2 fully saturated rings. The van der Waals surface area contributed by atoms with Crippen LogP contribution in [-0.4, -0.2) is 47.9 Å². The van der Waals surface area contributed by atoms with Gasteiger partial charge in [0.2, 0.25) is 5.43 Å². The number of hydrogen-bond donors (Lipinski definition) is 3. The van der Waals surface area contributed by atoms with Crippen molar-refractivity contribution in [1.82, 2.24) is 4.57 Å². The highest BCUT2D eigenvalue weighted by Gasteiger charge is 2.31. The van der Waals surface area contributed by atoms with Gasteiger partial charge in [-0.1, -0.05) is 0 Å². The van der Waals surface area contributed by atoms with E-state index < -0.39 is 11.4 Å². The number of fused-ring (bicyclic) bond motifs is 1. The number of methoxy groups -OCH3 is 1. The number of carboxylic acids is 1. The molecule has 5 N–H and O–H groups in total. The number of benzene rings is 1. The third-order valence-corrected chi connectivity index (χ3v) is 5.36. The van der Waals surface area contributed by atoms with Gasteiger partial charge in [0.25, 0.3) is 0 Å². The van der Waals surface area contributed by atoms with Gasteiger partial charge in [0.1, 0.15) is 5.56 Å². The quantitative estimate of drug-likeness (QED) is 0.728. The van der Waals surface area contributed by atoms with Crippen molar-refractivity contribution < 1.29 is 14.6 Å². The summed E-state index contributed by atoms with van der Waals surface area (Å²) in [6.45, 7) is 1.30. The maximum absolute atomic E-state index is 12.7. The first-order valence-electron chi connectivity index (χ1n) is 9.16. The number of carboxylic acid groups (broad SMARTS) is 1. The standard InChI is InChI=1S/C19H24N4O4/c1-27-18-15(22-7-10(20)6-11(21)8-22)5-4-13-16(18)23(12-2-3-12)9-14(17(13)24)19(25)26/h4-5,9-12H,2-3,6-8,20-21H2,1H3,(H,25,26). The lowest BCUT2D eigenvalue weighted by atomic mass is 10.0. The van der Waals surface area contributed by atoms with Gasteiger partial charge in [0.15, 0.2) is 5.75 Å². The first kappa shape index (κ1) is 17.8. The second kappa shape index (κ2) is 6.54. The van der Waals surface area contributed by atoms with Crippen molar-refractivity contribution in [1.29, 1.82) is 0 Å². The molecule has 144 valence electrons. The molecule has 8 nitrogen and oxygen atoms in total. The molecule has 1 aromatic carbocycles. The lowest BCUT2D eigenvalue weighted by Gasteiger charge is -2.37. The Balaban J connectivity index is 1.96. The van der Waals surface area contributed by atoms with E-state index >= 15 is 0 Å². The number of rotatable bonds is 4. The third-order valence-electron chi connectivity index (χ3n) is 5.36. The zero-order chi connectivity index (χ0) is 19.3. The Bertz CT molecular complexity index is 956. The van der Waals surface area contributed by atoms with Gasteiger partial charge < -0.3 is 30.8 Å². The lowest BCUT2D eigenvalue weighted by Crippen LogP contribution is -2.52. The Morgan fingerprint density at radius 1 is 1.22 bits per heavy atom. The molecule has 1 aliphatic heterocycles. The Kier molecular flexibility index (Phi) is 4.32. The maximum atomic E-state index is 12.7. The Morgan fingerprint density at radius 3 is 2.44 bits per heavy atom. The van der Waals surface area contributed by atoms with Crippen molar-refractivity contribution in [3.05, 3.63) is 34.1 Å². The smallest absolute Gasteiger partial charge is 0.341 e. The minimum absolute atomic E-state index is 0.0332. The number of carbonyl (C=O) groups is 1. The van der Waals surface area contributed by atoms with Crippen molar-refractivity contribution in [3.8, 4) is 5.75 Å². The molecular formula is C19H24N4O4. The van der Waals surface area contributed by atoms with Crippen LogP contribution in [0.3, 0.4) is 0 Å². The molecule has 2 unspecified atom stereocenters. The molecule has 2 atom stereocenters. The van der Waals surface area contributed by atoms with Crippen LogP contribution < -0.4 is 26.5 Å². The van der Waals surface area contributed by atoms with Gasteiger partial charge in [-0.3, -0.25) is 4.79 Å². The van der Waals surface area contributed by atoms with Crippen LogP contribution >= 0.6 is 0 Å². The van der Waals surface area contributed by atoms with E-state index in [0.717, 1.165) is 24.9 Å². The molecule has 0 spiro atoms. The molecule has 1 aliphatic carbocycles. The van der Waals surface area contributed by atoms with E-state index in [0.29, 0.717) is 29.7 Å². The van der Waals surface area contributed by atoms with Crippen molar-refractivity contribution in [2.45, 2.75) is 37.4 Å². The van der Waals surface area contributed by atoms with Crippen LogP contribution in [-0.2, 0) is 0 Å². The largest absolute Gasteiger partial charge is 0.492 e. The highest BCUT2D eigenvalue weighted by atomic mass is 16.5. The van der Waals surface area contributed by atoms with Gasteiger partial charge in [0.05, 0.1) is 23.7 Å². The van der Waals surface area contributed by atoms with E-state index in [1.807, 2.05) is 4.57 Å². The predicted octanol–water partition coefficient (Wildman–Crippen LogP) is 0.908. The Morgan fingerprint density at radius 2 is 1.89 bits per heavy atom. The summed E-state index contributed by atoms with van der Waals surface area (Å²) >= 11 is 0. The topological polar surface area (TPSA) is 124 Å². The maximum Gasteiger partial charge on any atom is 0.341 e. The molecule has 27 heavy (non-hydrogen) atoms. The van der Waals surface area contributed by atoms with Gasteiger partial charge in [-0.25, -0.2) is 4.79 Å². The van der Waals surface area contributed by atoms with Crippen LogP contribution in [0.2, 0.25) is 0 Å². The molecule has 2 heterocycles. The van der Waals surface area contributed by atoms with E-state index in [2.05, 4.69) is 4.90 Å². The van der Waals surface area contributed by atoms with Crippen LogP contribution in [0.5, 0.6) is 5.75 Å². The molecule has 4 rings (SSSR count). The normalized spacial score (nSPS) is 22.9. The Hall–Kier alpha value is -2.58. The van der Waals surface area contributed by atoms with Gasteiger partial charge in [-0.2, -0.15) is 0 Å². The molecule has 2 aromatic rings. The molecule has 1 saturated heterocycles.